The summed E-state index contributed by atoms with van der Waals surface area (Å²) in [6.07, 6.45) is 2.64. The molecule has 9 heteroatoms. The van der Waals surface area contributed by atoms with Crippen molar-refractivity contribution in [1.82, 2.24) is 10.0 Å². The lowest BCUT2D eigenvalue weighted by molar-refractivity contribution is -0.146. The fourth-order valence-electron chi connectivity index (χ4n) is 2.88. The molecule has 24 heavy (non-hydrogen) atoms. The number of carboxylic acid groups (broad SMARTS) is 1. The zero-order valence-electron chi connectivity index (χ0n) is 14.5. The van der Waals surface area contributed by atoms with Crippen LogP contribution >= 0.6 is 0 Å². The summed E-state index contributed by atoms with van der Waals surface area (Å²) in [6, 6.07) is 0. The van der Waals surface area contributed by atoms with Gasteiger partial charge < -0.3 is 15.2 Å². The van der Waals surface area contributed by atoms with E-state index >= 15 is 0 Å². The van der Waals surface area contributed by atoms with Crippen molar-refractivity contribution in [3.63, 3.8) is 0 Å². The zero-order chi connectivity index (χ0) is 18.4. The molecule has 0 aromatic rings. The van der Waals surface area contributed by atoms with Crippen LogP contribution in [0.4, 0.5) is 0 Å². The van der Waals surface area contributed by atoms with Crippen molar-refractivity contribution in [3.05, 3.63) is 0 Å². The van der Waals surface area contributed by atoms with Crippen LogP contribution in [0.15, 0.2) is 0 Å². The Labute approximate surface area is 143 Å². The largest absolute Gasteiger partial charge is 0.481 e. The molecule has 1 amide bonds. The molecule has 140 valence electrons. The van der Waals surface area contributed by atoms with Crippen molar-refractivity contribution < 1.29 is 27.9 Å². The highest BCUT2D eigenvalue weighted by Crippen LogP contribution is 2.33. The summed E-state index contributed by atoms with van der Waals surface area (Å²) in [5, 5.41) is 12.0. The first-order valence-corrected chi connectivity index (χ1v) is 9.84. The SMILES string of the molecule is CC(C)OCCS(=O)(=O)NCC(=O)NC1(C)CCCCC1C(=O)O. The minimum Gasteiger partial charge on any atom is -0.481 e. The maximum atomic E-state index is 12.1. The van der Waals surface area contributed by atoms with Crippen molar-refractivity contribution in [2.75, 3.05) is 18.9 Å². The Morgan fingerprint density at radius 2 is 2.00 bits per heavy atom. The summed E-state index contributed by atoms with van der Waals surface area (Å²) in [6.45, 7) is 4.95. The maximum Gasteiger partial charge on any atom is 0.308 e. The third-order valence-electron chi connectivity index (χ3n) is 4.19. The number of nitrogens with one attached hydrogen (secondary N) is 2. The molecular weight excluding hydrogens is 336 g/mol. The third-order valence-corrected chi connectivity index (χ3v) is 5.48. The second kappa shape index (κ2) is 8.77. The van der Waals surface area contributed by atoms with Gasteiger partial charge in [-0.05, 0) is 33.6 Å². The molecular formula is C15H28N2O6S. The first-order valence-electron chi connectivity index (χ1n) is 8.18. The topological polar surface area (TPSA) is 122 Å². The number of sulfonamides is 1. The van der Waals surface area contributed by atoms with E-state index in [1.165, 1.54) is 0 Å². The summed E-state index contributed by atoms with van der Waals surface area (Å²) >= 11 is 0. The Bertz CT molecular complexity index is 548. The molecule has 0 radical (unpaired) electrons. The van der Waals surface area contributed by atoms with Gasteiger partial charge in [0.25, 0.3) is 0 Å². The standard InChI is InChI=1S/C15H28N2O6S/c1-11(2)23-8-9-24(21,22)16-10-13(18)17-15(3)7-5-4-6-12(15)14(19)20/h11-12,16H,4-10H2,1-3H3,(H,17,18)(H,19,20). The number of carbonyl (C=O) groups excluding carboxylic acids is 1. The van der Waals surface area contributed by atoms with Gasteiger partial charge in [-0.15, -0.1) is 0 Å². The molecule has 0 spiro atoms. The molecule has 0 bridgehead atoms. The molecule has 3 N–H and O–H groups in total. The molecule has 8 nitrogen and oxygen atoms in total. The first kappa shape index (κ1) is 20.9. The molecule has 1 fully saturated rings. The average Bonchev–Trinajstić information content (AvgIpc) is 2.44. The van der Waals surface area contributed by atoms with Crippen LogP contribution in [0.5, 0.6) is 0 Å². The minimum atomic E-state index is -3.61. The highest BCUT2D eigenvalue weighted by atomic mass is 32.2. The normalized spacial score (nSPS) is 24.8. The van der Waals surface area contributed by atoms with Crippen LogP contribution in [-0.2, 0) is 24.3 Å². The summed E-state index contributed by atoms with van der Waals surface area (Å²) in [4.78, 5) is 23.4. The summed E-state index contributed by atoms with van der Waals surface area (Å²) in [7, 11) is -3.61. The molecule has 0 heterocycles. The predicted molar refractivity (Wildman–Crippen MR) is 89.0 cm³/mol. The van der Waals surface area contributed by atoms with E-state index in [1.54, 1.807) is 20.8 Å². The van der Waals surface area contributed by atoms with Gasteiger partial charge >= 0.3 is 5.97 Å². The monoisotopic (exact) mass is 364 g/mol. The van der Waals surface area contributed by atoms with Gasteiger partial charge in [0.2, 0.25) is 15.9 Å². The molecule has 0 saturated heterocycles. The molecule has 0 aliphatic heterocycles. The van der Waals surface area contributed by atoms with Crippen LogP contribution in [0.2, 0.25) is 0 Å². The van der Waals surface area contributed by atoms with Crippen molar-refractivity contribution in [2.24, 2.45) is 5.92 Å². The lowest BCUT2D eigenvalue weighted by atomic mass is 9.74. The van der Waals surface area contributed by atoms with Crippen LogP contribution in [0, 0.1) is 5.92 Å². The van der Waals surface area contributed by atoms with Gasteiger partial charge in [0.15, 0.2) is 0 Å². The number of aliphatic carboxylic acids is 1. The quantitative estimate of drug-likeness (QED) is 0.547. The van der Waals surface area contributed by atoms with Crippen molar-refractivity contribution in [1.29, 1.82) is 0 Å². The van der Waals surface area contributed by atoms with Crippen molar-refractivity contribution in [2.45, 2.75) is 58.1 Å². The van der Waals surface area contributed by atoms with Crippen LogP contribution in [0.1, 0.15) is 46.5 Å². The van der Waals surface area contributed by atoms with Crippen LogP contribution < -0.4 is 10.0 Å². The fraction of sp³-hybridized carbons (Fsp3) is 0.867. The van der Waals surface area contributed by atoms with E-state index in [2.05, 4.69) is 10.0 Å². The summed E-state index contributed by atoms with van der Waals surface area (Å²) in [5.41, 5.74) is -0.854. The highest BCUT2D eigenvalue weighted by Gasteiger charge is 2.42. The maximum absolute atomic E-state index is 12.1. The Morgan fingerprint density at radius 1 is 1.33 bits per heavy atom. The van der Waals surface area contributed by atoms with E-state index < -0.39 is 39.9 Å². The number of carboxylic acids is 1. The van der Waals surface area contributed by atoms with E-state index in [0.717, 1.165) is 12.8 Å². The molecule has 1 aliphatic rings. The summed E-state index contributed by atoms with van der Waals surface area (Å²) < 4.78 is 31.0. The number of rotatable bonds is 9. The van der Waals surface area contributed by atoms with Crippen LogP contribution in [0.25, 0.3) is 0 Å². The fourth-order valence-corrected chi connectivity index (χ4v) is 3.69. The Kier molecular flexibility index (Phi) is 7.62. The molecule has 2 unspecified atom stereocenters. The zero-order valence-corrected chi connectivity index (χ0v) is 15.3. The van der Waals surface area contributed by atoms with Gasteiger partial charge in [-0.1, -0.05) is 12.8 Å². The van der Waals surface area contributed by atoms with Gasteiger partial charge in [0.05, 0.1) is 36.5 Å². The number of hydrogen-bond donors (Lipinski definition) is 3. The molecule has 1 rings (SSSR count). The number of hydrogen-bond acceptors (Lipinski definition) is 5. The van der Waals surface area contributed by atoms with Gasteiger partial charge in [-0.25, -0.2) is 13.1 Å². The predicted octanol–water partition coefficient (Wildman–Crippen LogP) is 0.481. The van der Waals surface area contributed by atoms with E-state index in [-0.39, 0.29) is 18.5 Å². The van der Waals surface area contributed by atoms with E-state index in [4.69, 9.17) is 4.74 Å². The van der Waals surface area contributed by atoms with E-state index in [1.807, 2.05) is 0 Å². The molecule has 0 aromatic heterocycles. The minimum absolute atomic E-state index is 0.0490. The Balaban J connectivity index is 2.51. The van der Waals surface area contributed by atoms with E-state index in [9.17, 15) is 23.1 Å². The van der Waals surface area contributed by atoms with Crippen LogP contribution in [0.3, 0.4) is 0 Å². The lowest BCUT2D eigenvalue weighted by Gasteiger charge is -2.39. The Morgan fingerprint density at radius 3 is 2.58 bits per heavy atom. The summed E-state index contributed by atoms with van der Waals surface area (Å²) in [5.74, 6) is -2.36. The van der Waals surface area contributed by atoms with Gasteiger partial charge in [-0.2, -0.15) is 0 Å². The lowest BCUT2D eigenvalue weighted by Crippen LogP contribution is -2.57. The average molecular weight is 364 g/mol. The highest BCUT2D eigenvalue weighted by molar-refractivity contribution is 7.89. The number of amides is 1. The molecule has 2 atom stereocenters. The smallest absolute Gasteiger partial charge is 0.308 e. The van der Waals surface area contributed by atoms with Crippen LogP contribution in [-0.4, -0.2) is 55.9 Å². The van der Waals surface area contributed by atoms with E-state index in [0.29, 0.717) is 12.8 Å². The van der Waals surface area contributed by atoms with Gasteiger partial charge in [-0.3, -0.25) is 9.59 Å². The number of carbonyl (C=O) groups is 2. The molecule has 0 aromatic carbocycles. The molecule has 1 aliphatic carbocycles. The first-order chi connectivity index (χ1) is 11.1. The van der Waals surface area contributed by atoms with Gasteiger partial charge in [0, 0.05) is 0 Å². The van der Waals surface area contributed by atoms with Crippen molar-refractivity contribution in [3.8, 4) is 0 Å². The number of ether oxygens (including phenoxy) is 1. The second-order valence-corrected chi connectivity index (χ2v) is 8.59. The molecule has 1 saturated carbocycles. The second-order valence-electron chi connectivity index (χ2n) is 6.66. The third kappa shape index (κ3) is 6.74. The van der Waals surface area contributed by atoms with Crippen molar-refractivity contribution >= 4 is 21.9 Å². The Hall–Kier alpha value is -1.19. The van der Waals surface area contributed by atoms with Gasteiger partial charge in [0.1, 0.15) is 0 Å².